The first kappa shape index (κ1) is 18.7. The number of piperazine rings is 1. The fourth-order valence-electron chi connectivity index (χ4n) is 2.91. The van der Waals surface area contributed by atoms with Crippen LogP contribution >= 0.6 is 11.8 Å². The van der Waals surface area contributed by atoms with Crippen molar-refractivity contribution in [2.24, 2.45) is 0 Å². The molecule has 3 rings (SSSR count). The van der Waals surface area contributed by atoms with Gasteiger partial charge in [0.1, 0.15) is 5.75 Å². The van der Waals surface area contributed by atoms with Crippen molar-refractivity contribution in [3.05, 3.63) is 24.3 Å². The van der Waals surface area contributed by atoms with Crippen LogP contribution in [-0.4, -0.2) is 76.6 Å². The average molecular weight is 375 g/mol. The van der Waals surface area contributed by atoms with E-state index in [0.717, 1.165) is 55.0 Å². The van der Waals surface area contributed by atoms with Crippen molar-refractivity contribution in [1.29, 1.82) is 0 Å². The van der Waals surface area contributed by atoms with Crippen molar-refractivity contribution in [3.8, 4) is 17.1 Å². The Labute approximate surface area is 158 Å². The molecule has 140 valence electrons. The minimum Gasteiger partial charge on any atom is -0.497 e. The summed E-state index contributed by atoms with van der Waals surface area (Å²) in [6, 6.07) is 7.76. The molecular formula is C18H25N5O2S. The molecule has 0 spiro atoms. The maximum absolute atomic E-state index is 12.4. The molecule has 0 radical (unpaired) electrons. The van der Waals surface area contributed by atoms with Crippen LogP contribution in [0, 0.1) is 0 Å². The van der Waals surface area contributed by atoms with E-state index >= 15 is 0 Å². The smallest absolute Gasteiger partial charge is 0.233 e. The van der Waals surface area contributed by atoms with Gasteiger partial charge < -0.3 is 19.1 Å². The zero-order valence-electron chi connectivity index (χ0n) is 15.5. The number of likely N-dealkylation sites (N-methyl/N-ethyl adjacent to an activating group) is 1. The van der Waals surface area contributed by atoms with Crippen LogP contribution in [0.4, 0.5) is 0 Å². The number of carbonyl (C=O) groups is 1. The van der Waals surface area contributed by atoms with Gasteiger partial charge in [-0.25, -0.2) is 0 Å². The molecule has 0 atom stereocenters. The summed E-state index contributed by atoms with van der Waals surface area (Å²) in [6.45, 7) is 6.27. The van der Waals surface area contributed by atoms with E-state index < -0.39 is 0 Å². The number of ether oxygens (including phenoxy) is 1. The third-order valence-corrected chi connectivity index (χ3v) is 5.51. The normalized spacial score (nSPS) is 15.3. The number of hydrogen-bond donors (Lipinski definition) is 0. The summed E-state index contributed by atoms with van der Waals surface area (Å²) in [4.78, 5) is 16.6. The van der Waals surface area contributed by atoms with Crippen LogP contribution in [0.5, 0.6) is 5.75 Å². The number of hydrogen-bond acceptors (Lipinski definition) is 6. The molecule has 0 bridgehead atoms. The van der Waals surface area contributed by atoms with Crippen molar-refractivity contribution in [1.82, 2.24) is 24.6 Å². The van der Waals surface area contributed by atoms with Crippen molar-refractivity contribution in [2.75, 3.05) is 46.1 Å². The molecule has 1 aromatic heterocycles. The third-order valence-electron chi connectivity index (χ3n) is 4.56. The van der Waals surface area contributed by atoms with Gasteiger partial charge in [0.2, 0.25) is 5.91 Å². The van der Waals surface area contributed by atoms with Gasteiger partial charge in [-0.3, -0.25) is 4.79 Å². The van der Waals surface area contributed by atoms with E-state index in [4.69, 9.17) is 4.74 Å². The lowest BCUT2D eigenvalue weighted by Gasteiger charge is -2.32. The van der Waals surface area contributed by atoms with Crippen molar-refractivity contribution < 1.29 is 9.53 Å². The molecule has 0 aliphatic carbocycles. The third kappa shape index (κ3) is 4.19. The highest BCUT2D eigenvalue weighted by Crippen LogP contribution is 2.25. The Balaban J connectivity index is 1.67. The van der Waals surface area contributed by atoms with Gasteiger partial charge in [-0.15, -0.1) is 10.2 Å². The Morgan fingerprint density at radius 3 is 2.46 bits per heavy atom. The summed E-state index contributed by atoms with van der Waals surface area (Å²) in [5.74, 6) is 2.18. The topological polar surface area (TPSA) is 63.5 Å². The minimum absolute atomic E-state index is 0.166. The van der Waals surface area contributed by atoms with Crippen LogP contribution in [0.15, 0.2) is 29.4 Å². The van der Waals surface area contributed by atoms with Gasteiger partial charge in [0.05, 0.1) is 12.9 Å². The summed E-state index contributed by atoms with van der Waals surface area (Å²) >= 11 is 1.46. The van der Waals surface area contributed by atoms with E-state index in [1.807, 2.05) is 33.7 Å². The van der Waals surface area contributed by atoms with E-state index in [9.17, 15) is 4.79 Å². The second-order valence-corrected chi connectivity index (χ2v) is 7.19. The van der Waals surface area contributed by atoms with Crippen LogP contribution in [-0.2, 0) is 11.3 Å². The maximum Gasteiger partial charge on any atom is 0.233 e. The summed E-state index contributed by atoms with van der Waals surface area (Å²) in [7, 11) is 3.73. The Bertz CT molecular complexity index is 739. The lowest BCUT2D eigenvalue weighted by atomic mass is 10.2. The van der Waals surface area contributed by atoms with E-state index in [-0.39, 0.29) is 5.91 Å². The summed E-state index contributed by atoms with van der Waals surface area (Å²) < 4.78 is 7.25. The van der Waals surface area contributed by atoms with Gasteiger partial charge in [-0.05, 0) is 38.2 Å². The Kier molecular flexibility index (Phi) is 6.16. The van der Waals surface area contributed by atoms with Crippen LogP contribution < -0.4 is 4.74 Å². The first-order valence-corrected chi connectivity index (χ1v) is 9.77. The number of amides is 1. The standard InChI is InChI=1S/C18H25N5O2S/c1-4-23-17(14-5-7-15(25-3)8-6-14)19-20-18(23)26-13-16(24)22-11-9-21(2)10-12-22/h5-8H,4,9-13H2,1-3H3. The van der Waals surface area contributed by atoms with Crippen molar-refractivity contribution >= 4 is 17.7 Å². The molecule has 26 heavy (non-hydrogen) atoms. The number of carbonyl (C=O) groups excluding carboxylic acids is 1. The molecule has 8 heteroatoms. The van der Waals surface area contributed by atoms with Gasteiger partial charge in [0.25, 0.3) is 0 Å². The largest absolute Gasteiger partial charge is 0.497 e. The van der Waals surface area contributed by atoms with Crippen molar-refractivity contribution in [2.45, 2.75) is 18.6 Å². The molecule has 2 aromatic rings. The Hall–Kier alpha value is -2.06. The molecule has 0 N–H and O–H groups in total. The van der Waals surface area contributed by atoms with Gasteiger partial charge >= 0.3 is 0 Å². The maximum atomic E-state index is 12.4. The molecule has 2 heterocycles. The molecule has 0 unspecified atom stereocenters. The average Bonchev–Trinajstić information content (AvgIpc) is 3.09. The second kappa shape index (κ2) is 8.55. The zero-order chi connectivity index (χ0) is 18.5. The van der Waals surface area contributed by atoms with Crippen LogP contribution in [0.1, 0.15) is 6.92 Å². The van der Waals surface area contributed by atoms with Crippen LogP contribution in [0.2, 0.25) is 0 Å². The predicted molar refractivity (Wildman–Crippen MR) is 102 cm³/mol. The molecule has 1 fully saturated rings. The highest BCUT2D eigenvalue weighted by molar-refractivity contribution is 7.99. The number of rotatable bonds is 6. The number of nitrogens with zero attached hydrogens (tertiary/aromatic N) is 5. The number of benzene rings is 1. The molecule has 7 nitrogen and oxygen atoms in total. The molecule has 1 aliphatic heterocycles. The van der Waals surface area contributed by atoms with E-state index in [2.05, 4.69) is 29.1 Å². The molecule has 1 amide bonds. The first-order chi connectivity index (χ1) is 12.6. The molecule has 0 saturated carbocycles. The van der Waals surface area contributed by atoms with Crippen molar-refractivity contribution in [3.63, 3.8) is 0 Å². The van der Waals surface area contributed by atoms with Gasteiger partial charge in [0.15, 0.2) is 11.0 Å². The van der Waals surface area contributed by atoms with E-state index in [0.29, 0.717) is 5.75 Å². The highest BCUT2D eigenvalue weighted by atomic mass is 32.2. The monoisotopic (exact) mass is 375 g/mol. The SMILES string of the molecule is CCn1c(SCC(=O)N2CCN(C)CC2)nnc1-c1ccc(OC)cc1. The molecule has 1 saturated heterocycles. The van der Waals surface area contributed by atoms with E-state index in [1.54, 1.807) is 7.11 Å². The number of aromatic nitrogens is 3. The van der Waals surface area contributed by atoms with Gasteiger partial charge in [-0.1, -0.05) is 11.8 Å². The molecular weight excluding hydrogens is 350 g/mol. The fourth-order valence-corrected chi connectivity index (χ4v) is 3.81. The number of thioether (sulfide) groups is 1. The van der Waals surface area contributed by atoms with Gasteiger partial charge in [-0.2, -0.15) is 0 Å². The molecule has 1 aliphatic rings. The number of methoxy groups -OCH3 is 1. The minimum atomic E-state index is 0.166. The summed E-state index contributed by atoms with van der Waals surface area (Å²) in [5.41, 5.74) is 0.984. The zero-order valence-corrected chi connectivity index (χ0v) is 16.3. The summed E-state index contributed by atoms with van der Waals surface area (Å²) in [5, 5.41) is 9.41. The fraction of sp³-hybridized carbons (Fsp3) is 0.500. The predicted octanol–water partition coefficient (Wildman–Crippen LogP) is 1.84. The summed E-state index contributed by atoms with van der Waals surface area (Å²) in [6.07, 6.45) is 0. The van der Waals surface area contributed by atoms with Gasteiger partial charge in [0, 0.05) is 38.3 Å². The Morgan fingerprint density at radius 1 is 1.15 bits per heavy atom. The lowest BCUT2D eigenvalue weighted by Crippen LogP contribution is -2.47. The lowest BCUT2D eigenvalue weighted by molar-refractivity contribution is -0.129. The Morgan fingerprint density at radius 2 is 1.85 bits per heavy atom. The molecule has 1 aromatic carbocycles. The second-order valence-electron chi connectivity index (χ2n) is 6.25. The first-order valence-electron chi connectivity index (χ1n) is 8.79. The van der Waals surface area contributed by atoms with Crippen LogP contribution in [0.25, 0.3) is 11.4 Å². The highest BCUT2D eigenvalue weighted by Gasteiger charge is 2.20. The quantitative estimate of drug-likeness (QED) is 0.718. The van der Waals surface area contributed by atoms with E-state index in [1.165, 1.54) is 11.8 Å². The van der Waals surface area contributed by atoms with Crippen LogP contribution in [0.3, 0.4) is 0 Å².